The van der Waals surface area contributed by atoms with Gasteiger partial charge in [-0.05, 0) is 60.8 Å². The van der Waals surface area contributed by atoms with Crippen LogP contribution in [-0.4, -0.2) is 28.1 Å². The van der Waals surface area contributed by atoms with Crippen molar-refractivity contribution in [2.24, 2.45) is 45.6 Å². The molecule has 0 aromatic heterocycles. The summed E-state index contributed by atoms with van der Waals surface area (Å²) in [7, 11) is 0. The van der Waals surface area contributed by atoms with Gasteiger partial charge in [-0.25, -0.2) is 0 Å². The smallest absolute Gasteiger partial charge is 0.315 e. The van der Waals surface area contributed by atoms with Gasteiger partial charge in [0.05, 0.1) is 17.7 Å². The molecule has 4 rings (SSSR count). The van der Waals surface area contributed by atoms with Gasteiger partial charge in [-0.2, -0.15) is 0 Å². The van der Waals surface area contributed by atoms with Gasteiger partial charge in [-0.3, -0.25) is 4.79 Å². The molecule has 0 bridgehead atoms. The molecule has 0 saturated heterocycles. The number of carbonyl (C=O) groups is 1. The summed E-state index contributed by atoms with van der Waals surface area (Å²) in [6, 6.07) is 0. The van der Waals surface area contributed by atoms with E-state index in [2.05, 4.69) is 39.8 Å². The molecule has 0 amide bonds. The second-order valence-electron chi connectivity index (χ2n) is 11.8. The van der Waals surface area contributed by atoms with Crippen LogP contribution in [0.2, 0.25) is 0 Å². The molecule has 0 aromatic carbocycles. The lowest BCUT2D eigenvalue weighted by molar-refractivity contribution is -0.155. The monoisotopic (exact) mass is 431 g/mol. The Bertz CT molecular complexity index is 786. The molecule has 2 fully saturated rings. The zero-order chi connectivity index (χ0) is 22.6. The summed E-state index contributed by atoms with van der Waals surface area (Å²) >= 11 is 0. The van der Waals surface area contributed by atoms with Gasteiger partial charge in [-0.15, -0.1) is 0 Å². The maximum Gasteiger partial charge on any atom is 0.315 e. The van der Waals surface area contributed by atoms with Crippen LogP contribution in [-0.2, 0) is 9.53 Å². The van der Waals surface area contributed by atoms with E-state index < -0.39 is 11.5 Å². The first kappa shape index (κ1) is 22.8. The highest BCUT2D eigenvalue weighted by molar-refractivity contribution is 5.94. The molecular weight excluding hydrogens is 390 g/mol. The summed E-state index contributed by atoms with van der Waals surface area (Å²) in [5, 5.41) is 23.1. The molecular formula is C26H41NO4. The Kier molecular flexibility index (Phi) is 6.04. The molecule has 5 heteroatoms. The fourth-order valence-corrected chi connectivity index (χ4v) is 7.66. The quantitative estimate of drug-likeness (QED) is 0.333. The average molecular weight is 432 g/mol. The average Bonchev–Trinajstić information content (AvgIpc) is 3.04. The normalized spacial score (nSPS) is 42.3. The Morgan fingerprint density at radius 1 is 1.16 bits per heavy atom. The summed E-state index contributed by atoms with van der Waals surface area (Å²) in [5.74, 6) is 2.81. The second-order valence-corrected chi connectivity index (χ2v) is 11.8. The van der Waals surface area contributed by atoms with Crippen LogP contribution in [0.3, 0.4) is 0 Å². The molecule has 174 valence electrons. The zero-order valence-electron chi connectivity index (χ0n) is 20.0. The van der Waals surface area contributed by atoms with Crippen molar-refractivity contribution >= 4 is 11.7 Å². The second kappa shape index (κ2) is 8.20. The first-order chi connectivity index (χ1) is 14.6. The number of aliphatic hydroxyl groups excluding tert-OH is 1. The molecule has 2 saturated carbocycles. The Morgan fingerprint density at radius 3 is 2.58 bits per heavy atom. The minimum absolute atomic E-state index is 0.185. The fourth-order valence-electron chi connectivity index (χ4n) is 7.66. The molecule has 1 heterocycles. The van der Waals surface area contributed by atoms with E-state index in [1.54, 1.807) is 0 Å². The highest BCUT2D eigenvalue weighted by atomic mass is 16.5. The van der Waals surface area contributed by atoms with Crippen LogP contribution in [0.25, 0.3) is 0 Å². The number of hydrogen-bond acceptors (Lipinski definition) is 5. The van der Waals surface area contributed by atoms with Crippen LogP contribution >= 0.6 is 0 Å². The number of hydrogen-bond donors (Lipinski definition) is 2. The minimum atomic E-state index is -0.795. The van der Waals surface area contributed by atoms with Gasteiger partial charge >= 0.3 is 5.97 Å². The van der Waals surface area contributed by atoms with Crippen molar-refractivity contribution in [2.45, 2.75) is 98.5 Å². The number of fused-ring (bicyclic) bond motifs is 4. The van der Waals surface area contributed by atoms with Gasteiger partial charge in [-0.1, -0.05) is 59.0 Å². The number of aliphatic hydroxyl groups is 1. The fraction of sp³-hybridized carbons (Fsp3) is 0.846. The third-order valence-corrected chi connectivity index (χ3v) is 9.56. The van der Waals surface area contributed by atoms with E-state index in [0.29, 0.717) is 29.9 Å². The molecule has 31 heavy (non-hydrogen) atoms. The number of nitrogens with zero attached hydrogens (tertiary/aromatic N) is 1. The van der Waals surface area contributed by atoms with Crippen molar-refractivity contribution in [3.8, 4) is 0 Å². The first-order valence-electron chi connectivity index (χ1n) is 12.5. The summed E-state index contributed by atoms with van der Waals surface area (Å²) in [4.78, 5) is 13.1. The van der Waals surface area contributed by atoms with Crippen molar-refractivity contribution in [1.82, 2.24) is 0 Å². The van der Waals surface area contributed by atoms with Gasteiger partial charge in [0.15, 0.2) is 0 Å². The van der Waals surface area contributed by atoms with Crippen LogP contribution in [0.1, 0.15) is 92.4 Å². The molecule has 2 N–H and O–H groups in total. The van der Waals surface area contributed by atoms with Gasteiger partial charge in [0.2, 0.25) is 0 Å². The summed E-state index contributed by atoms with van der Waals surface area (Å²) in [6.07, 6.45) is 8.17. The SMILES string of the molecule is CC(C)CCC[C@@H](C)[C@H]1CC[C@H]2C3=C(CC[C@]12C)[C@@]1(C)C[C@@H](O)C(=NO)C[C@@H]1C(=O)O3. The molecule has 0 unspecified atom stereocenters. The van der Waals surface area contributed by atoms with Crippen molar-refractivity contribution < 1.29 is 19.8 Å². The van der Waals surface area contributed by atoms with Gasteiger partial charge in [0.25, 0.3) is 0 Å². The lowest BCUT2D eigenvalue weighted by Gasteiger charge is -2.53. The predicted molar refractivity (Wildman–Crippen MR) is 121 cm³/mol. The minimum Gasteiger partial charge on any atom is -0.431 e. The molecule has 0 aromatic rings. The Labute approximate surface area is 187 Å². The van der Waals surface area contributed by atoms with E-state index in [9.17, 15) is 15.1 Å². The maximum atomic E-state index is 13.1. The van der Waals surface area contributed by atoms with E-state index in [0.717, 1.165) is 30.9 Å². The Balaban J connectivity index is 1.59. The van der Waals surface area contributed by atoms with Gasteiger partial charge in [0, 0.05) is 17.8 Å². The predicted octanol–water partition coefficient (Wildman–Crippen LogP) is 5.69. The van der Waals surface area contributed by atoms with Crippen LogP contribution in [0.15, 0.2) is 16.5 Å². The molecule has 1 aliphatic heterocycles. The van der Waals surface area contributed by atoms with E-state index in [1.165, 1.54) is 31.3 Å². The number of carbonyl (C=O) groups excluding carboxylic acids is 1. The largest absolute Gasteiger partial charge is 0.431 e. The molecule has 3 aliphatic carbocycles. The number of ether oxygens (including phenoxy) is 1. The highest BCUT2D eigenvalue weighted by Gasteiger charge is 2.60. The lowest BCUT2D eigenvalue weighted by atomic mass is 9.54. The standard InChI is InChI=1S/C26H41NO4/c1-15(2)7-6-8-16(3)17-9-10-18-23-19(11-12-25(17,18)4)26(5)14-22(28)21(27-30)13-20(26)24(29)31-23/h15-18,20,22,28,30H,6-14H2,1-5H3/t16-,17-,18+,20-,22-,25-,26-/m1/s1. The number of oxime groups is 1. The maximum absolute atomic E-state index is 13.1. The van der Waals surface area contributed by atoms with Crippen molar-refractivity contribution in [1.29, 1.82) is 0 Å². The van der Waals surface area contributed by atoms with Crippen LogP contribution in [0.5, 0.6) is 0 Å². The van der Waals surface area contributed by atoms with Crippen LogP contribution in [0.4, 0.5) is 0 Å². The number of allylic oxidation sites excluding steroid dienone is 2. The summed E-state index contributed by atoms with van der Waals surface area (Å²) in [6.45, 7) is 11.6. The van der Waals surface area contributed by atoms with Crippen molar-refractivity contribution in [3.05, 3.63) is 11.3 Å². The Hall–Kier alpha value is -1.36. The van der Waals surface area contributed by atoms with E-state index >= 15 is 0 Å². The molecule has 4 aliphatic rings. The third kappa shape index (κ3) is 3.65. The molecule has 0 spiro atoms. The number of rotatable bonds is 5. The van der Waals surface area contributed by atoms with E-state index in [4.69, 9.17) is 4.74 Å². The van der Waals surface area contributed by atoms with Gasteiger partial charge < -0.3 is 15.1 Å². The summed E-state index contributed by atoms with van der Waals surface area (Å²) in [5.41, 5.74) is 1.34. The molecule has 0 radical (unpaired) electrons. The lowest BCUT2D eigenvalue weighted by Crippen LogP contribution is -2.52. The van der Waals surface area contributed by atoms with Crippen LogP contribution in [0, 0.1) is 40.4 Å². The first-order valence-corrected chi connectivity index (χ1v) is 12.5. The molecule has 7 atom stereocenters. The Morgan fingerprint density at radius 2 is 1.90 bits per heavy atom. The highest BCUT2D eigenvalue weighted by Crippen LogP contribution is 2.64. The molecule has 5 nitrogen and oxygen atoms in total. The van der Waals surface area contributed by atoms with E-state index in [1.807, 2.05) is 0 Å². The zero-order valence-corrected chi connectivity index (χ0v) is 20.0. The van der Waals surface area contributed by atoms with Gasteiger partial charge in [0.1, 0.15) is 5.76 Å². The van der Waals surface area contributed by atoms with E-state index in [-0.39, 0.29) is 23.7 Å². The number of esters is 1. The van der Waals surface area contributed by atoms with Crippen molar-refractivity contribution in [2.75, 3.05) is 0 Å². The van der Waals surface area contributed by atoms with Crippen LogP contribution < -0.4 is 0 Å². The third-order valence-electron chi connectivity index (χ3n) is 9.56. The topological polar surface area (TPSA) is 79.1 Å². The van der Waals surface area contributed by atoms with Crippen molar-refractivity contribution in [3.63, 3.8) is 0 Å². The summed E-state index contributed by atoms with van der Waals surface area (Å²) < 4.78 is 6.10.